The molecule has 2 aromatic heterocycles. The fourth-order valence-corrected chi connectivity index (χ4v) is 6.14. The Balaban J connectivity index is 1.66. The number of aromatic nitrogens is 2. The Morgan fingerprint density at radius 2 is 2.08 bits per heavy atom. The van der Waals surface area contributed by atoms with Crippen LogP contribution in [0, 0.1) is 0 Å². The van der Waals surface area contributed by atoms with E-state index in [2.05, 4.69) is 28.0 Å². The summed E-state index contributed by atoms with van der Waals surface area (Å²) in [7, 11) is -0.795. The summed E-state index contributed by atoms with van der Waals surface area (Å²) in [6, 6.07) is 4.25. The van der Waals surface area contributed by atoms with Gasteiger partial charge >= 0.3 is 0 Å². The number of rotatable bonds is 4. The van der Waals surface area contributed by atoms with Crippen LogP contribution in [0.15, 0.2) is 18.3 Å². The number of nitrogens with one attached hydrogen (secondary N) is 1. The van der Waals surface area contributed by atoms with Crippen molar-refractivity contribution in [2.45, 2.75) is 50.6 Å². The van der Waals surface area contributed by atoms with Crippen LogP contribution in [0.4, 0.5) is 0 Å². The first kappa shape index (κ1) is 16.1. The van der Waals surface area contributed by atoms with Crippen LogP contribution in [0.1, 0.15) is 49.3 Å². The maximum atomic E-state index is 11.8. The van der Waals surface area contributed by atoms with Crippen molar-refractivity contribution in [1.82, 2.24) is 14.9 Å². The van der Waals surface area contributed by atoms with E-state index in [1.165, 1.54) is 42.3 Å². The molecule has 2 aromatic rings. The van der Waals surface area contributed by atoms with Crippen molar-refractivity contribution in [2.24, 2.45) is 0 Å². The first-order chi connectivity index (χ1) is 11.5. The van der Waals surface area contributed by atoms with Crippen molar-refractivity contribution in [3.63, 3.8) is 0 Å². The van der Waals surface area contributed by atoms with Crippen molar-refractivity contribution >= 4 is 20.9 Å². The van der Waals surface area contributed by atoms with E-state index in [4.69, 9.17) is 0 Å². The minimum Gasteiger partial charge on any atom is -0.343 e. The molecule has 0 aromatic carbocycles. The second-order valence-corrected chi connectivity index (χ2v) is 9.60. The average Bonchev–Trinajstić information content (AvgIpc) is 3.26. The smallest absolute Gasteiger partial charge is 0.151 e. The Kier molecular flexibility index (Phi) is 4.12. The summed E-state index contributed by atoms with van der Waals surface area (Å²) in [4.78, 5) is 10.3. The molecule has 2 fully saturated rings. The van der Waals surface area contributed by atoms with Gasteiger partial charge in [0.05, 0.1) is 11.5 Å². The lowest BCUT2D eigenvalue weighted by molar-refractivity contribution is 0.253. The molecule has 0 bridgehead atoms. The Morgan fingerprint density at radius 1 is 1.29 bits per heavy atom. The van der Waals surface area contributed by atoms with Crippen LogP contribution >= 0.6 is 0 Å². The van der Waals surface area contributed by atoms with Gasteiger partial charge in [-0.25, -0.2) is 13.4 Å². The van der Waals surface area contributed by atoms with Gasteiger partial charge < -0.3 is 4.98 Å². The number of H-pyrrole nitrogens is 1. The number of sulfone groups is 1. The van der Waals surface area contributed by atoms with E-state index in [-0.39, 0.29) is 6.04 Å². The van der Waals surface area contributed by atoms with Gasteiger partial charge in [-0.15, -0.1) is 0 Å². The normalized spacial score (nSPS) is 24.3. The Morgan fingerprint density at radius 3 is 2.79 bits per heavy atom. The molecule has 0 spiro atoms. The summed E-state index contributed by atoms with van der Waals surface area (Å²) in [5.74, 6) is 1.21. The lowest BCUT2D eigenvalue weighted by Gasteiger charge is -2.24. The summed E-state index contributed by atoms with van der Waals surface area (Å²) in [5, 5.41) is 1.19. The minimum absolute atomic E-state index is 0.132. The maximum absolute atomic E-state index is 11.8. The van der Waals surface area contributed by atoms with E-state index >= 15 is 0 Å². The zero-order chi connectivity index (χ0) is 16.7. The molecule has 1 saturated heterocycles. The summed E-state index contributed by atoms with van der Waals surface area (Å²) < 4.78 is 23.6. The van der Waals surface area contributed by atoms with Crippen LogP contribution in [0.3, 0.4) is 0 Å². The van der Waals surface area contributed by atoms with E-state index < -0.39 is 9.84 Å². The van der Waals surface area contributed by atoms with Gasteiger partial charge in [-0.2, -0.15) is 0 Å². The maximum Gasteiger partial charge on any atom is 0.151 e. The van der Waals surface area contributed by atoms with Gasteiger partial charge in [-0.05, 0) is 49.9 Å². The number of hydrogen-bond donors (Lipinski definition) is 1. The number of hydrogen-bond acceptors (Lipinski definition) is 4. The molecule has 1 aliphatic heterocycles. The molecule has 1 saturated carbocycles. The molecule has 2 aliphatic rings. The molecular weight excluding hydrogens is 322 g/mol. The minimum atomic E-state index is -2.85. The predicted octanol–water partition coefficient (Wildman–Crippen LogP) is 2.84. The summed E-state index contributed by atoms with van der Waals surface area (Å²) >= 11 is 0. The van der Waals surface area contributed by atoms with Crippen LogP contribution in [0.2, 0.25) is 0 Å². The van der Waals surface area contributed by atoms with Crippen molar-refractivity contribution in [2.75, 3.05) is 18.6 Å². The average molecular weight is 347 g/mol. The van der Waals surface area contributed by atoms with Crippen LogP contribution in [0.25, 0.3) is 11.0 Å². The monoisotopic (exact) mass is 347 g/mol. The molecule has 0 amide bonds. The van der Waals surface area contributed by atoms with Gasteiger partial charge in [0, 0.05) is 29.9 Å². The summed E-state index contributed by atoms with van der Waals surface area (Å²) in [5.41, 5.74) is 3.60. The van der Waals surface area contributed by atoms with Crippen LogP contribution < -0.4 is 0 Å². The van der Waals surface area contributed by atoms with Gasteiger partial charge in [-0.3, -0.25) is 4.90 Å². The van der Waals surface area contributed by atoms with Crippen molar-refractivity contribution in [1.29, 1.82) is 0 Å². The molecule has 1 atom stereocenters. The lowest BCUT2D eigenvalue weighted by Crippen LogP contribution is -2.32. The van der Waals surface area contributed by atoms with Crippen molar-refractivity contribution in [3.8, 4) is 0 Å². The Labute approximate surface area is 143 Å². The standard InChI is InChI=1S/C18H25N3O2S/c1-21(14-8-10-24(22,23)12-14)11-16-15-7-4-9-19-18(15)20-17(16)13-5-2-3-6-13/h4,7,9,13-14H,2-3,5-6,8,10-12H2,1H3,(H,19,20). The molecular formula is C18H25N3O2S. The lowest BCUT2D eigenvalue weighted by atomic mass is 9.98. The molecule has 6 heteroatoms. The van der Waals surface area contributed by atoms with Crippen molar-refractivity contribution < 1.29 is 8.42 Å². The largest absolute Gasteiger partial charge is 0.343 e. The third-order valence-electron chi connectivity index (χ3n) is 5.71. The summed E-state index contributed by atoms with van der Waals surface area (Å²) in [6.07, 6.45) is 7.64. The fourth-order valence-electron chi connectivity index (χ4n) is 4.33. The Bertz CT molecular complexity index is 837. The van der Waals surface area contributed by atoms with Gasteiger partial charge in [0.25, 0.3) is 0 Å². The molecule has 5 nitrogen and oxygen atoms in total. The van der Waals surface area contributed by atoms with E-state index in [0.717, 1.165) is 18.6 Å². The molecule has 1 unspecified atom stereocenters. The van der Waals surface area contributed by atoms with E-state index in [1.54, 1.807) is 0 Å². The highest BCUT2D eigenvalue weighted by Crippen LogP contribution is 2.38. The second-order valence-electron chi connectivity index (χ2n) is 7.37. The van der Waals surface area contributed by atoms with Gasteiger partial charge in [0.15, 0.2) is 9.84 Å². The van der Waals surface area contributed by atoms with Gasteiger partial charge in [-0.1, -0.05) is 12.8 Å². The van der Waals surface area contributed by atoms with Crippen LogP contribution in [0.5, 0.6) is 0 Å². The third-order valence-corrected chi connectivity index (χ3v) is 7.46. The second kappa shape index (κ2) is 6.15. The Hall–Kier alpha value is -1.40. The highest BCUT2D eigenvalue weighted by Gasteiger charge is 2.32. The molecule has 3 heterocycles. The van der Waals surface area contributed by atoms with Gasteiger partial charge in [0.2, 0.25) is 0 Å². The zero-order valence-corrected chi connectivity index (χ0v) is 15.0. The van der Waals surface area contributed by atoms with Gasteiger partial charge in [0.1, 0.15) is 5.65 Å². The van der Waals surface area contributed by atoms with E-state index in [9.17, 15) is 8.42 Å². The highest BCUT2D eigenvalue weighted by atomic mass is 32.2. The molecule has 24 heavy (non-hydrogen) atoms. The van der Waals surface area contributed by atoms with E-state index in [1.807, 2.05) is 12.3 Å². The number of pyridine rings is 1. The van der Waals surface area contributed by atoms with E-state index in [0.29, 0.717) is 17.4 Å². The van der Waals surface area contributed by atoms with Crippen molar-refractivity contribution in [3.05, 3.63) is 29.6 Å². The highest BCUT2D eigenvalue weighted by molar-refractivity contribution is 7.91. The topological polar surface area (TPSA) is 66.1 Å². The quantitative estimate of drug-likeness (QED) is 0.923. The summed E-state index contributed by atoms with van der Waals surface area (Å²) in [6.45, 7) is 0.789. The third kappa shape index (κ3) is 2.97. The number of aromatic amines is 1. The zero-order valence-electron chi connectivity index (χ0n) is 14.2. The number of nitrogens with zero attached hydrogens (tertiary/aromatic N) is 2. The number of fused-ring (bicyclic) bond motifs is 1. The van der Waals surface area contributed by atoms with Crippen LogP contribution in [-0.2, 0) is 16.4 Å². The SMILES string of the molecule is CN(Cc1c(C2CCCC2)[nH]c2ncccc12)C1CCS(=O)(=O)C1. The molecule has 4 rings (SSSR count). The first-order valence-corrected chi connectivity index (χ1v) is 10.7. The van der Waals surface area contributed by atoms with Crippen LogP contribution in [-0.4, -0.2) is 47.9 Å². The molecule has 1 N–H and O–H groups in total. The molecule has 0 radical (unpaired) electrons. The molecule has 130 valence electrons. The predicted molar refractivity (Wildman–Crippen MR) is 95.8 cm³/mol. The fraction of sp³-hybridized carbons (Fsp3) is 0.611. The molecule has 1 aliphatic carbocycles. The first-order valence-electron chi connectivity index (χ1n) is 8.89.